The first-order valence-corrected chi connectivity index (χ1v) is 5.33. The highest BCUT2D eigenvalue weighted by Gasteiger charge is 2.16. The lowest BCUT2D eigenvalue weighted by Gasteiger charge is -2.09. The SMILES string of the molecule is CCn1ncnc1CC(=O)C(N)CCOC. The Morgan fingerprint density at radius 1 is 1.69 bits per heavy atom. The second-order valence-corrected chi connectivity index (χ2v) is 3.52. The third-order valence-electron chi connectivity index (χ3n) is 2.37. The summed E-state index contributed by atoms with van der Waals surface area (Å²) in [6, 6.07) is -0.484. The molecule has 0 spiro atoms. The van der Waals surface area contributed by atoms with Crippen LogP contribution in [0.5, 0.6) is 0 Å². The average molecular weight is 226 g/mol. The molecule has 0 radical (unpaired) electrons. The van der Waals surface area contributed by atoms with Gasteiger partial charge in [-0.15, -0.1) is 0 Å². The summed E-state index contributed by atoms with van der Waals surface area (Å²) >= 11 is 0. The van der Waals surface area contributed by atoms with E-state index in [0.29, 0.717) is 25.4 Å². The zero-order chi connectivity index (χ0) is 12.0. The number of carbonyl (C=O) groups excluding carboxylic acids is 1. The van der Waals surface area contributed by atoms with E-state index in [2.05, 4.69) is 10.1 Å². The van der Waals surface area contributed by atoms with E-state index in [0.717, 1.165) is 0 Å². The second kappa shape index (κ2) is 6.34. The monoisotopic (exact) mass is 226 g/mol. The molecule has 0 aliphatic heterocycles. The molecule has 1 aromatic heterocycles. The number of nitrogens with zero attached hydrogens (tertiary/aromatic N) is 3. The number of carbonyl (C=O) groups is 1. The molecule has 16 heavy (non-hydrogen) atoms. The fourth-order valence-corrected chi connectivity index (χ4v) is 1.38. The summed E-state index contributed by atoms with van der Waals surface area (Å²) in [7, 11) is 1.59. The van der Waals surface area contributed by atoms with Crippen molar-refractivity contribution < 1.29 is 9.53 Å². The Morgan fingerprint density at radius 2 is 2.44 bits per heavy atom. The normalized spacial score (nSPS) is 12.7. The van der Waals surface area contributed by atoms with Gasteiger partial charge in [0.2, 0.25) is 0 Å². The number of hydrogen-bond donors (Lipinski definition) is 1. The average Bonchev–Trinajstić information content (AvgIpc) is 2.72. The molecule has 1 atom stereocenters. The van der Waals surface area contributed by atoms with Crippen LogP contribution in [0.15, 0.2) is 6.33 Å². The molecule has 0 aliphatic rings. The van der Waals surface area contributed by atoms with Crippen molar-refractivity contribution in [3.63, 3.8) is 0 Å². The summed E-state index contributed by atoms with van der Waals surface area (Å²) in [6.07, 6.45) is 2.22. The van der Waals surface area contributed by atoms with Gasteiger partial charge in [0.1, 0.15) is 12.2 Å². The first kappa shape index (κ1) is 12.8. The van der Waals surface area contributed by atoms with Gasteiger partial charge in [-0.3, -0.25) is 4.79 Å². The van der Waals surface area contributed by atoms with Gasteiger partial charge < -0.3 is 10.5 Å². The Morgan fingerprint density at radius 3 is 3.06 bits per heavy atom. The maximum absolute atomic E-state index is 11.7. The highest BCUT2D eigenvalue weighted by Crippen LogP contribution is 2.00. The van der Waals surface area contributed by atoms with Crippen molar-refractivity contribution in [3.8, 4) is 0 Å². The van der Waals surface area contributed by atoms with Crippen LogP contribution in [0, 0.1) is 0 Å². The van der Waals surface area contributed by atoms with E-state index in [1.54, 1.807) is 11.8 Å². The largest absolute Gasteiger partial charge is 0.385 e. The van der Waals surface area contributed by atoms with Crippen LogP contribution in [0.3, 0.4) is 0 Å². The van der Waals surface area contributed by atoms with Gasteiger partial charge in [-0.1, -0.05) is 0 Å². The molecule has 0 saturated heterocycles. The highest BCUT2D eigenvalue weighted by atomic mass is 16.5. The summed E-state index contributed by atoms with van der Waals surface area (Å²) in [5, 5.41) is 4.00. The van der Waals surface area contributed by atoms with Gasteiger partial charge in [0, 0.05) is 20.3 Å². The van der Waals surface area contributed by atoms with Crippen LogP contribution < -0.4 is 5.73 Å². The van der Waals surface area contributed by atoms with E-state index < -0.39 is 6.04 Å². The minimum Gasteiger partial charge on any atom is -0.385 e. The van der Waals surface area contributed by atoms with Crippen molar-refractivity contribution in [1.29, 1.82) is 0 Å². The standard InChI is InChI=1S/C10H18N4O2/c1-3-14-10(12-7-13-14)6-9(15)8(11)4-5-16-2/h7-8H,3-6,11H2,1-2H3. The Labute approximate surface area is 94.8 Å². The van der Waals surface area contributed by atoms with E-state index in [1.165, 1.54) is 6.33 Å². The maximum Gasteiger partial charge on any atom is 0.157 e. The van der Waals surface area contributed by atoms with Crippen LogP contribution in [0.2, 0.25) is 0 Å². The fourth-order valence-electron chi connectivity index (χ4n) is 1.38. The minimum atomic E-state index is -0.484. The van der Waals surface area contributed by atoms with Gasteiger partial charge in [0.15, 0.2) is 5.78 Å². The summed E-state index contributed by atoms with van der Waals surface area (Å²) < 4.78 is 6.57. The first-order chi connectivity index (χ1) is 7.69. The molecule has 1 aromatic rings. The zero-order valence-electron chi connectivity index (χ0n) is 9.72. The number of aromatic nitrogens is 3. The zero-order valence-corrected chi connectivity index (χ0v) is 9.72. The lowest BCUT2D eigenvalue weighted by molar-refractivity contribution is -0.120. The van der Waals surface area contributed by atoms with Crippen LogP contribution >= 0.6 is 0 Å². The fraction of sp³-hybridized carbons (Fsp3) is 0.700. The number of aryl methyl sites for hydroxylation is 1. The summed E-state index contributed by atoms with van der Waals surface area (Å²) in [5.41, 5.74) is 5.72. The predicted molar refractivity (Wildman–Crippen MR) is 58.9 cm³/mol. The molecule has 2 N–H and O–H groups in total. The second-order valence-electron chi connectivity index (χ2n) is 3.52. The van der Waals surface area contributed by atoms with E-state index in [9.17, 15) is 4.79 Å². The number of nitrogens with two attached hydrogens (primary N) is 1. The number of methoxy groups -OCH3 is 1. The molecule has 0 aliphatic carbocycles. The molecule has 1 rings (SSSR count). The van der Waals surface area contributed by atoms with Gasteiger partial charge in [-0.2, -0.15) is 5.10 Å². The quantitative estimate of drug-likeness (QED) is 0.694. The molecular weight excluding hydrogens is 208 g/mol. The third kappa shape index (κ3) is 3.39. The van der Waals surface area contributed by atoms with Crippen molar-refractivity contribution in [2.24, 2.45) is 5.73 Å². The van der Waals surface area contributed by atoms with Crippen molar-refractivity contribution in [2.75, 3.05) is 13.7 Å². The molecule has 6 nitrogen and oxygen atoms in total. The molecule has 0 aromatic carbocycles. The van der Waals surface area contributed by atoms with Crippen molar-refractivity contribution in [3.05, 3.63) is 12.2 Å². The Kier molecular flexibility index (Phi) is 5.07. The van der Waals surface area contributed by atoms with Crippen LogP contribution in [0.25, 0.3) is 0 Å². The van der Waals surface area contributed by atoms with Gasteiger partial charge in [-0.05, 0) is 13.3 Å². The van der Waals surface area contributed by atoms with Gasteiger partial charge >= 0.3 is 0 Å². The smallest absolute Gasteiger partial charge is 0.157 e. The molecule has 90 valence electrons. The van der Waals surface area contributed by atoms with Gasteiger partial charge in [0.05, 0.1) is 12.5 Å². The summed E-state index contributed by atoms with van der Waals surface area (Å²) in [6.45, 7) is 3.15. The number of ketones is 1. The lowest BCUT2D eigenvalue weighted by Crippen LogP contribution is -2.33. The summed E-state index contributed by atoms with van der Waals surface area (Å²) in [5.74, 6) is 0.639. The Bertz CT molecular complexity index is 337. The molecule has 1 unspecified atom stereocenters. The van der Waals surface area contributed by atoms with Crippen molar-refractivity contribution in [2.45, 2.75) is 32.4 Å². The number of Topliss-reactive ketones (excluding diaryl/α,β-unsaturated/α-hetero) is 1. The molecule has 0 fully saturated rings. The third-order valence-corrected chi connectivity index (χ3v) is 2.37. The van der Waals surface area contributed by atoms with Crippen LogP contribution in [0.1, 0.15) is 19.2 Å². The van der Waals surface area contributed by atoms with Crippen molar-refractivity contribution in [1.82, 2.24) is 14.8 Å². The number of rotatable bonds is 7. The van der Waals surface area contributed by atoms with Crippen LogP contribution in [0.4, 0.5) is 0 Å². The highest BCUT2D eigenvalue weighted by molar-refractivity contribution is 5.85. The van der Waals surface area contributed by atoms with Gasteiger partial charge in [-0.25, -0.2) is 9.67 Å². The van der Waals surface area contributed by atoms with Crippen LogP contribution in [-0.4, -0.2) is 40.3 Å². The minimum absolute atomic E-state index is 0.0280. The number of ether oxygens (including phenoxy) is 1. The molecule has 6 heteroatoms. The van der Waals surface area contributed by atoms with Crippen molar-refractivity contribution >= 4 is 5.78 Å². The van der Waals surface area contributed by atoms with Gasteiger partial charge in [0.25, 0.3) is 0 Å². The molecule has 0 bridgehead atoms. The van der Waals surface area contributed by atoms with Crippen LogP contribution in [-0.2, 0) is 22.5 Å². The van der Waals surface area contributed by atoms with E-state index in [4.69, 9.17) is 10.5 Å². The maximum atomic E-state index is 11.7. The summed E-state index contributed by atoms with van der Waals surface area (Å²) in [4.78, 5) is 15.8. The van der Waals surface area contributed by atoms with E-state index >= 15 is 0 Å². The molecule has 0 amide bonds. The molecule has 0 saturated carbocycles. The van der Waals surface area contributed by atoms with E-state index in [-0.39, 0.29) is 12.2 Å². The molecule has 1 heterocycles. The molecular formula is C10H18N4O2. The Balaban J connectivity index is 2.50. The topological polar surface area (TPSA) is 83.0 Å². The Hall–Kier alpha value is -1.27. The predicted octanol–water partition coefficient (Wildman–Crippen LogP) is -0.227. The lowest BCUT2D eigenvalue weighted by atomic mass is 10.1. The first-order valence-electron chi connectivity index (χ1n) is 5.33. The van der Waals surface area contributed by atoms with E-state index in [1.807, 2.05) is 6.92 Å². The number of hydrogen-bond acceptors (Lipinski definition) is 5.